The number of hydrogen-bond donors (Lipinski definition) is 0. The SMILES string of the molecule is O=S(=O)([O-])[O-].O=S(=O)([O-])[O-].[Eu]. The Morgan fingerprint density at radius 1 is 0.636 bits per heavy atom. The van der Waals surface area contributed by atoms with Crippen LogP contribution in [0.3, 0.4) is 0 Å². The minimum Gasteiger partial charge on any atom is -0.759 e. The maximum absolute atomic E-state index is 8.52. The van der Waals surface area contributed by atoms with Gasteiger partial charge < -0.3 is 18.2 Å². The second kappa shape index (κ2) is 6.80. The van der Waals surface area contributed by atoms with Gasteiger partial charge in [-0.05, 0) is 0 Å². The van der Waals surface area contributed by atoms with Crippen molar-refractivity contribution in [3.63, 3.8) is 0 Å². The summed E-state index contributed by atoms with van der Waals surface area (Å²) in [5.74, 6) is 0. The normalized spacial score (nSPS) is 10.5. The van der Waals surface area contributed by atoms with Crippen LogP contribution in [0.1, 0.15) is 0 Å². The predicted molar refractivity (Wildman–Crippen MR) is 20.9 cm³/mol. The van der Waals surface area contributed by atoms with E-state index in [2.05, 4.69) is 0 Å². The molecule has 0 N–H and O–H groups in total. The summed E-state index contributed by atoms with van der Waals surface area (Å²) >= 11 is 0. The smallest absolute Gasteiger partial charge is 0.0311 e. The summed E-state index contributed by atoms with van der Waals surface area (Å²) in [6, 6.07) is 0. The molecule has 0 aromatic rings. The topological polar surface area (TPSA) is 161 Å². The van der Waals surface area contributed by atoms with Crippen molar-refractivity contribution in [1.29, 1.82) is 0 Å². The summed E-state index contributed by atoms with van der Waals surface area (Å²) in [6.45, 7) is 0. The minimum atomic E-state index is -5.17. The van der Waals surface area contributed by atoms with Gasteiger partial charge in [0.05, 0.1) is 0 Å². The first-order valence-electron chi connectivity index (χ1n) is 1.33. The van der Waals surface area contributed by atoms with Gasteiger partial charge in [0.2, 0.25) is 0 Å². The zero-order valence-electron chi connectivity index (χ0n) is 4.46. The molecule has 0 aliphatic heterocycles. The second-order valence-corrected chi connectivity index (χ2v) is 2.45. The minimum absolute atomic E-state index is 0. The summed E-state index contributed by atoms with van der Waals surface area (Å²) in [4.78, 5) is 0. The van der Waals surface area contributed by atoms with E-state index in [0.717, 1.165) is 0 Å². The Labute approximate surface area is 104 Å². The Morgan fingerprint density at radius 2 is 0.636 bits per heavy atom. The molecule has 0 bridgehead atoms. The monoisotopic (exact) mass is 345 g/mol. The van der Waals surface area contributed by atoms with Crippen molar-refractivity contribution in [3.8, 4) is 0 Å². The molecule has 0 aromatic heterocycles. The molecule has 0 aliphatic carbocycles. The average Bonchev–Trinajstić information content (AvgIpc) is 1.12. The molecule has 71 valence electrons. The van der Waals surface area contributed by atoms with Crippen molar-refractivity contribution in [2.24, 2.45) is 0 Å². The van der Waals surface area contributed by atoms with Crippen LogP contribution in [0.4, 0.5) is 0 Å². The summed E-state index contributed by atoms with van der Waals surface area (Å²) in [5.41, 5.74) is 0. The number of hydrogen-bond acceptors (Lipinski definition) is 8. The Kier molecular flexibility index (Phi) is 11.2. The first-order chi connectivity index (χ1) is 4.00. The molecule has 0 saturated heterocycles. The summed E-state index contributed by atoms with van der Waals surface area (Å²) in [7, 11) is -10.3. The van der Waals surface area contributed by atoms with Crippen molar-refractivity contribution in [2.45, 2.75) is 0 Å². The maximum Gasteiger partial charge on any atom is 0.0311 e. The average molecular weight is 344 g/mol. The van der Waals surface area contributed by atoms with Gasteiger partial charge in [0.25, 0.3) is 0 Å². The van der Waals surface area contributed by atoms with Crippen LogP contribution < -0.4 is 0 Å². The van der Waals surface area contributed by atoms with Crippen molar-refractivity contribution < 1.29 is 84.4 Å². The van der Waals surface area contributed by atoms with Gasteiger partial charge in [-0.15, -0.1) is 0 Å². The molecule has 0 heterocycles. The molecule has 0 aromatic carbocycles. The molecule has 0 unspecified atom stereocenters. The zero-order valence-corrected chi connectivity index (χ0v) is 8.52. The third kappa shape index (κ3) is 561. The molecule has 0 spiro atoms. The standard InChI is InChI=1S/Eu.2H2O4S/c;2*1-5(2,3)4/h;2*(H2,1,2,3,4)/p-4. The van der Waals surface area contributed by atoms with Crippen LogP contribution >= 0.6 is 0 Å². The fourth-order valence-electron chi connectivity index (χ4n) is 0. The van der Waals surface area contributed by atoms with Crippen LogP contribution in [0, 0.1) is 49.4 Å². The molecular formula is EuO8S2-4. The Hall–Kier alpha value is 1.32. The molecule has 11 heteroatoms. The molecule has 0 rings (SSSR count). The molecular weight excluding hydrogens is 344 g/mol. The van der Waals surface area contributed by atoms with Gasteiger partial charge in [0.1, 0.15) is 0 Å². The molecule has 0 aliphatic rings. The Morgan fingerprint density at radius 3 is 0.636 bits per heavy atom. The van der Waals surface area contributed by atoms with Gasteiger partial charge in [-0.3, -0.25) is 16.8 Å². The van der Waals surface area contributed by atoms with Gasteiger partial charge in [-0.1, -0.05) is 0 Å². The molecule has 8 nitrogen and oxygen atoms in total. The van der Waals surface area contributed by atoms with Crippen LogP contribution in [0.25, 0.3) is 0 Å². The molecule has 11 heavy (non-hydrogen) atoms. The van der Waals surface area contributed by atoms with E-state index < -0.39 is 20.8 Å². The van der Waals surface area contributed by atoms with E-state index in [1.807, 2.05) is 0 Å². The van der Waals surface area contributed by atoms with E-state index >= 15 is 0 Å². The van der Waals surface area contributed by atoms with Crippen molar-refractivity contribution in [2.75, 3.05) is 0 Å². The third-order valence-electron chi connectivity index (χ3n) is 0. The molecule has 0 atom stereocenters. The second-order valence-electron chi connectivity index (χ2n) is 0.816. The Balaban J connectivity index is -0.000000107. The van der Waals surface area contributed by atoms with Crippen molar-refractivity contribution in [3.05, 3.63) is 0 Å². The van der Waals surface area contributed by atoms with E-state index in [9.17, 15) is 0 Å². The number of rotatable bonds is 0. The summed E-state index contributed by atoms with van der Waals surface area (Å²) in [6.07, 6.45) is 0. The summed E-state index contributed by atoms with van der Waals surface area (Å²) < 4.78 is 68.2. The van der Waals surface area contributed by atoms with Gasteiger partial charge in [-0.2, -0.15) is 0 Å². The van der Waals surface area contributed by atoms with Gasteiger partial charge in [0, 0.05) is 70.2 Å². The van der Waals surface area contributed by atoms with Crippen LogP contribution in [-0.4, -0.2) is 35.0 Å². The molecule has 0 amide bonds. The zero-order chi connectivity index (χ0) is 9.00. The van der Waals surface area contributed by atoms with E-state index in [0.29, 0.717) is 0 Å². The van der Waals surface area contributed by atoms with E-state index in [1.165, 1.54) is 0 Å². The maximum atomic E-state index is 8.52. The third-order valence-corrected chi connectivity index (χ3v) is 0. The van der Waals surface area contributed by atoms with Crippen LogP contribution in [0.5, 0.6) is 0 Å². The van der Waals surface area contributed by atoms with Gasteiger partial charge in [-0.25, -0.2) is 0 Å². The first-order valence-corrected chi connectivity index (χ1v) is 4.00. The largest absolute Gasteiger partial charge is 0.759 e. The molecule has 1 radical (unpaired) electrons. The van der Waals surface area contributed by atoms with E-state index in [1.54, 1.807) is 0 Å². The molecule has 0 fully saturated rings. The fraction of sp³-hybridized carbons (Fsp3) is 0. The first kappa shape index (κ1) is 18.2. The van der Waals surface area contributed by atoms with Crippen LogP contribution in [0.15, 0.2) is 0 Å². The fourth-order valence-corrected chi connectivity index (χ4v) is 0. The summed E-state index contributed by atoms with van der Waals surface area (Å²) in [5, 5.41) is 0. The van der Waals surface area contributed by atoms with E-state index in [4.69, 9.17) is 35.0 Å². The van der Waals surface area contributed by atoms with Crippen molar-refractivity contribution in [1.82, 2.24) is 0 Å². The molecule has 0 saturated carbocycles. The van der Waals surface area contributed by atoms with Crippen LogP contribution in [0.2, 0.25) is 0 Å². The van der Waals surface area contributed by atoms with Crippen LogP contribution in [-0.2, 0) is 20.8 Å². The van der Waals surface area contributed by atoms with Gasteiger partial charge in [0.15, 0.2) is 0 Å². The Bertz CT molecular complexity index is 208. The quantitative estimate of drug-likeness (QED) is 0.339. The van der Waals surface area contributed by atoms with Gasteiger partial charge >= 0.3 is 0 Å². The van der Waals surface area contributed by atoms with E-state index in [-0.39, 0.29) is 49.4 Å². The predicted octanol–water partition coefficient (Wildman–Crippen LogP) is -2.68. The van der Waals surface area contributed by atoms with Crippen molar-refractivity contribution >= 4 is 20.8 Å².